The quantitative estimate of drug-likeness (QED) is 0.777. The zero-order valence-electron chi connectivity index (χ0n) is 10.2. The van der Waals surface area contributed by atoms with Gasteiger partial charge >= 0.3 is 0 Å². The molecule has 1 saturated carbocycles. The molecule has 88 valence electrons. The average molecular weight is 228 g/mol. The van der Waals surface area contributed by atoms with Crippen LogP contribution in [-0.2, 0) is 4.79 Å². The Balaban J connectivity index is 1.94. The van der Waals surface area contributed by atoms with E-state index in [0.29, 0.717) is 11.7 Å². The van der Waals surface area contributed by atoms with E-state index in [0.717, 1.165) is 24.2 Å². The van der Waals surface area contributed by atoms with Crippen molar-refractivity contribution >= 4 is 11.4 Å². The van der Waals surface area contributed by atoms with Crippen LogP contribution >= 0.6 is 0 Å². The summed E-state index contributed by atoms with van der Waals surface area (Å²) in [6.45, 7) is 2.17. The second-order valence-electron chi connectivity index (χ2n) is 5.07. The summed E-state index contributed by atoms with van der Waals surface area (Å²) >= 11 is 0. The zero-order valence-corrected chi connectivity index (χ0v) is 10.2. The Labute approximate surface area is 101 Å². The molecule has 0 amide bonds. The Hall–Kier alpha value is -1.57. The molecule has 0 radical (unpaired) electrons. The van der Waals surface area contributed by atoms with E-state index < -0.39 is 0 Å². The number of carbonyl (C=O) groups excluding carboxylic acids is 1. The molecule has 0 saturated heterocycles. The van der Waals surface area contributed by atoms with Crippen LogP contribution in [0.5, 0.6) is 5.75 Å². The van der Waals surface area contributed by atoms with Gasteiger partial charge in [-0.05, 0) is 48.1 Å². The number of rotatable bonds is 2. The smallest absolute Gasteiger partial charge is 0.162 e. The number of hydrogen-bond donors (Lipinski definition) is 0. The summed E-state index contributed by atoms with van der Waals surface area (Å²) in [7, 11) is 1.66. The zero-order chi connectivity index (χ0) is 12.0. The van der Waals surface area contributed by atoms with Crippen LogP contribution in [0.2, 0.25) is 0 Å². The van der Waals surface area contributed by atoms with Crippen LogP contribution in [0.1, 0.15) is 25.3 Å². The molecule has 0 aliphatic heterocycles. The first-order valence-corrected chi connectivity index (χ1v) is 6.08. The van der Waals surface area contributed by atoms with Crippen molar-refractivity contribution in [3.8, 4) is 5.75 Å². The molecule has 0 bridgehead atoms. The third kappa shape index (κ3) is 1.43. The molecule has 2 heteroatoms. The molecule has 1 fully saturated rings. The number of ketones is 1. The third-order valence-electron chi connectivity index (χ3n) is 4.28. The molecule has 2 aliphatic rings. The lowest BCUT2D eigenvalue weighted by Crippen LogP contribution is -2.15. The maximum Gasteiger partial charge on any atom is 0.162 e. The maximum absolute atomic E-state index is 12.0. The minimum absolute atomic E-state index is 0.0325. The molecule has 2 aliphatic carbocycles. The van der Waals surface area contributed by atoms with E-state index in [-0.39, 0.29) is 5.41 Å². The number of allylic oxidation sites excluding steroid dienone is 2. The van der Waals surface area contributed by atoms with Gasteiger partial charge in [-0.2, -0.15) is 0 Å². The molecule has 1 unspecified atom stereocenters. The molecule has 0 N–H and O–H groups in total. The normalized spacial score (nSPS) is 24.9. The highest BCUT2D eigenvalue weighted by molar-refractivity contribution is 6.08. The lowest BCUT2D eigenvalue weighted by atomic mass is 9.86. The first-order chi connectivity index (χ1) is 8.17. The van der Waals surface area contributed by atoms with Gasteiger partial charge in [-0.25, -0.2) is 0 Å². The van der Waals surface area contributed by atoms with E-state index in [9.17, 15) is 4.79 Å². The molecule has 0 heterocycles. The summed E-state index contributed by atoms with van der Waals surface area (Å²) in [6.07, 6.45) is 3.96. The fourth-order valence-corrected chi connectivity index (χ4v) is 2.85. The Morgan fingerprint density at radius 3 is 2.35 bits per heavy atom. The van der Waals surface area contributed by atoms with Crippen molar-refractivity contribution in [1.82, 2.24) is 0 Å². The van der Waals surface area contributed by atoms with Crippen molar-refractivity contribution in [2.45, 2.75) is 19.8 Å². The largest absolute Gasteiger partial charge is 0.497 e. The van der Waals surface area contributed by atoms with Crippen LogP contribution in [0.3, 0.4) is 0 Å². The molecule has 2 nitrogen and oxygen atoms in total. The third-order valence-corrected chi connectivity index (χ3v) is 4.28. The SMILES string of the molecule is COc1ccc(C2=CC(=O)C3(CC3)C2C)cc1. The van der Waals surface area contributed by atoms with Gasteiger partial charge in [0.1, 0.15) is 5.75 Å². The summed E-state index contributed by atoms with van der Waals surface area (Å²) in [6, 6.07) is 7.97. The van der Waals surface area contributed by atoms with Gasteiger partial charge in [0.25, 0.3) is 0 Å². The van der Waals surface area contributed by atoms with Crippen molar-refractivity contribution < 1.29 is 9.53 Å². The van der Waals surface area contributed by atoms with Crippen LogP contribution < -0.4 is 4.74 Å². The Kier molecular flexibility index (Phi) is 2.15. The predicted molar refractivity (Wildman–Crippen MR) is 66.8 cm³/mol. The second-order valence-corrected chi connectivity index (χ2v) is 5.07. The fraction of sp³-hybridized carbons (Fsp3) is 0.400. The standard InChI is InChI=1S/C15H16O2/c1-10-13(9-14(16)15(10)7-8-15)11-3-5-12(17-2)6-4-11/h3-6,9-10H,7-8H2,1-2H3. The predicted octanol–water partition coefficient (Wildman–Crippen LogP) is 3.08. The number of carbonyl (C=O) groups is 1. The Morgan fingerprint density at radius 1 is 1.24 bits per heavy atom. The van der Waals surface area contributed by atoms with Gasteiger partial charge < -0.3 is 4.74 Å². The molecular weight excluding hydrogens is 212 g/mol. The van der Waals surface area contributed by atoms with Crippen LogP contribution in [0, 0.1) is 11.3 Å². The van der Waals surface area contributed by atoms with Crippen molar-refractivity contribution in [1.29, 1.82) is 0 Å². The van der Waals surface area contributed by atoms with Gasteiger partial charge in [0.15, 0.2) is 5.78 Å². The van der Waals surface area contributed by atoms with E-state index in [1.54, 1.807) is 7.11 Å². The maximum atomic E-state index is 12.0. The van der Waals surface area contributed by atoms with E-state index in [4.69, 9.17) is 4.74 Å². The lowest BCUT2D eigenvalue weighted by Gasteiger charge is -2.16. The molecule has 0 aromatic heterocycles. The van der Waals surface area contributed by atoms with E-state index in [1.165, 1.54) is 5.57 Å². The average Bonchev–Trinajstić information content (AvgIpc) is 3.12. The van der Waals surface area contributed by atoms with Crippen molar-refractivity contribution in [2.75, 3.05) is 7.11 Å². The molecule has 1 atom stereocenters. The molecule has 1 aromatic rings. The van der Waals surface area contributed by atoms with E-state index in [2.05, 4.69) is 6.92 Å². The Bertz CT molecular complexity index is 492. The summed E-state index contributed by atoms with van der Waals surface area (Å²) in [5.74, 6) is 1.55. The van der Waals surface area contributed by atoms with Gasteiger partial charge in [0.05, 0.1) is 7.11 Å². The van der Waals surface area contributed by atoms with Crippen LogP contribution in [-0.4, -0.2) is 12.9 Å². The minimum atomic E-state index is -0.0325. The van der Waals surface area contributed by atoms with Crippen LogP contribution in [0.15, 0.2) is 30.3 Å². The Morgan fingerprint density at radius 2 is 1.88 bits per heavy atom. The number of benzene rings is 1. The van der Waals surface area contributed by atoms with Gasteiger partial charge in [-0.1, -0.05) is 19.1 Å². The topological polar surface area (TPSA) is 26.3 Å². The van der Waals surface area contributed by atoms with Gasteiger partial charge in [-0.3, -0.25) is 4.79 Å². The molecule has 1 aromatic carbocycles. The van der Waals surface area contributed by atoms with Crippen molar-refractivity contribution in [2.24, 2.45) is 11.3 Å². The van der Waals surface area contributed by atoms with Gasteiger partial charge in [0.2, 0.25) is 0 Å². The number of methoxy groups -OCH3 is 1. The van der Waals surface area contributed by atoms with Gasteiger partial charge in [0, 0.05) is 5.41 Å². The molecular formula is C15H16O2. The first kappa shape index (κ1) is 10.6. The molecule has 3 rings (SSSR count). The monoisotopic (exact) mass is 228 g/mol. The summed E-state index contributed by atoms with van der Waals surface area (Å²) in [5.41, 5.74) is 2.31. The first-order valence-electron chi connectivity index (χ1n) is 6.08. The summed E-state index contributed by atoms with van der Waals surface area (Å²) < 4.78 is 5.15. The second kappa shape index (κ2) is 3.46. The van der Waals surface area contributed by atoms with Crippen molar-refractivity contribution in [3.05, 3.63) is 35.9 Å². The van der Waals surface area contributed by atoms with Crippen LogP contribution in [0.4, 0.5) is 0 Å². The fourth-order valence-electron chi connectivity index (χ4n) is 2.85. The summed E-state index contributed by atoms with van der Waals surface area (Å²) in [5, 5.41) is 0. The number of hydrogen-bond acceptors (Lipinski definition) is 2. The minimum Gasteiger partial charge on any atom is -0.497 e. The highest BCUT2D eigenvalue weighted by atomic mass is 16.5. The van der Waals surface area contributed by atoms with Gasteiger partial charge in [-0.15, -0.1) is 0 Å². The molecule has 17 heavy (non-hydrogen) atoms. The van der Waals surface area contributed by atoms with E-state index in [1.807, 2.05) is 30.3 Å². The summed E-state index contributed by atoms with van der Waals surface area (Å²) in [4.78, 5) is 12.0. The lowest BCUT2D eigenvalue weighted by molar-refractivity contribution is -0.119. The number of ether oxygens (including phenoxy) is 1. The van der Waals surface area contributed by atoms with E-state index >= 15 is 0 Å². The molecule has 1 spiro atoms. The highest BCUT2D eigenvalue weighted by Gasteiger charge is 2.56. The highest BCUT2D eigenvalue weighted by Crippen LogP contribution is 2.60. The van der Waals surface area contributed by atoms with Crippen molar-refractivity contribution in [3.63, 3.8) is 0 Å². The van der Waals surface area contributed by atoms with Crippen LogP contribution in [0.25, 0.3) is 5.57 Å².